The molecule has 4 bridgehead atoms. The van der Waals surface area contributed by atoms with Crippen LogP contribution in [0.2, 0.25) is 0 Å². The van der Waals surface area contributed by atoms with E-state index in [1.54, 1.807) is 0 Å². The lowest BCUT2D eigenvalue weighted by molar-refractivity contribution is -0.374. The largest absolute Gasteiger partial charge is 0.510 e. The van der Waals surface area contributed by atoms with E-state index < -0.39 is 42.0 Å². The third kappa shape index (κ3) is 3.30. The van der Waals surface area contributed by atoms with Gasteiger partial charge < -0.3 is 9.47 Å². The molecule has 3 saturated carbocycles. The molecule has 4 aliphatic rings. The molecule has 0 aromatic heterocycles. The molecule has 3 fully saturated rings. The number of ether oxygens (including phenoxy) is 2. The molecule has 0 saturated heterocycles. The molecule has 3 nitrogen and oxygen atoms in total. The Bertz CT molecular complexity index is 720. The summed E-state index contributed by atoms with van der Waals surface area (Å²) in [6, 6.07) is 0. The SMILES string of the molecule is CC(C)(C)OC(=O)OC(CC1CC2CC1C1C3C=CC(C3)C21)(C(F)(F)F)C(F)(F)F. The number of hydrogen-bond donors (Lipinski definition) is 0. The summed E-state index contributed by atoms with van der Waals surface area (Å²) in [6.45, 7) is 4.03. The van der Waals surface area contributed by atoms with E-state index >= 15 is 0 Å². The number of fused-ring (bicyclic) bond motifs is 9. The number of carbonyl (C=O) groups excluding carboxylic acids is 1. The van der Waals surface area contributed by atoms with Crippen molar-refractivity contribution >= 4 is 6.16 Å². The van der Waals surface area contributed by atoms with Crippen molar-refractivity contribution < 1.29 is 40.6 Å². The zero-order chi connectivity index (χ0) is 22.3. The van der Waals surface area contributed by atoms with Gasteiger partial charge in [-0.05, 0) is 81.5 Å². The van der Waals surface area contributed by atoms with Crippen molar-refractivity contribution in [3.63, 3.8) is 0 Å². The lowest BCUT2D eigenvalue weighted by Crippen LogP contribution is -2.61. The molecule has 0 aliphatic heterocycles. The van der Waals surface area contributed by atoms with Crippen molar-refractivity contribution in [1.82, 2.24) is 0 Å². The Balaban J connectivity index is 1.61. The Kier molecular flexibility index (Phi) is 4.76. The zero-order valence-corrected chi connectivity index (χ0v) is 17.0. The molecule has 0 spiro atoms. The molecule has 0 heterocycles. The van der Waals surface area contributed by atoms with Crippen LogP contribution < -0.4 is 0 Å². The van der Waals surface area contributed by atoms with Crippen LogP contribution in [0.5, 0.6) is 0 Å². The number of allylic oxidation sites excluding steroid dienone is 2. The topological polar surface area (TPSA) is 35.5 Å². The molecule has 170 valence electrons. The zero-order valence-electron chi connectivity index (χ0n) is 17.0. The van der Waals surface area contributed by atoms with Gasteiger partial charge in [0.2, 0.25) is 0 Å². The highest BCUT2D eigenvalue weighted by Gasteiger charge is 2.76. The van der Waals surface area contributed by atoms with Crippen LogP contribution in [0.4, 0.5) is 31.1 Å². The van der Waals surface area contributed by atoms with Gasteiger partial charge in [0.1, 0.15) is 5.60 Å². The standard InChI is InChI=1S/C21H26F6O3/c1-18(2,3)29-17(28)30-19(20(22,23)24,21(25,26)27)9-13-7-12-8-14(13)16-11-5-4-10(6-11)15(12)16/h4-5,10-16H,6-9H2,1-3H3. The van der Waals surface area contributed by atoms with Crippen molar-refractivity contribution in [2.45, 2.75) is 70.0 Å². The number of rotatable bonds is 3. The van der Waals surface area contributed by atoms with Gasteiger partial charge in [-0.15, -0.1) is 0 Å². The Hall–Kier alpha value is -1.41. The first-order valence-corrected chi connectivity index (χ1v) is 10.4. The molecular formula is C21H26F6O3. The maximum Gasteiger partial charge on any atom is 0.510 e. The lowest BCUT2D eigenvalue weighted by atomic mass is 9.67. The van der Waals surface area contributed by atoms with E-state index in [0.717, 1.165) is 6.42 Å². The van der Waals surface area contributed by atoms with E-state index in [0.29, 0.717) is 24.7 Å². The van der Waals surface area contributed by atoms with Gasteiger partial charge in [-0.25, -0.2) is 4.79 Å². The fourth-order valence-corrected chi connectivity index (χ4v) is 6.72. The molecule has 0 aromatic rings. The van der Waals surface area contributed by atoms with Gasteiger partial charge in [0.05, 0.1) is 0 Å². The highest BCUT2D eigenvalue weighted by atomic mass is 19.4. The number of alkyl halides is 6. The Morgan fingerprint density at radius 3 is 1.97 bits per heavy atom. The third-order valence-corrected chi connectivity index (χ3v) is 7.52. The van der Waals surface area contributed by atoms with Gasteiger partial charge in [-0.3, -0.25) is 0 Å². The van der Waals surface area contributed by atoms with Gasteiger partial charge in [-0.2, -0.15) is 26.3 Å². The first-order valence-electron chi connectivity index (χ1n) is 10.4. The lowest BCUT2D eigenvalue weighted by Gasteiger charge is -2.42. The van der Waals surface area contributed by atoms with E-state index in [-0.39, 0.29) is 23.7 Å². The first-order chi connectivity index (χ1) is 13.6. The molecule has 4 rings (SSSR count). The Morgan fingerprint density at radius 1 is 0.867 bits per heavy atom. The maximum atomic E-state index is 13.9. The minimum atomic E-state index is -5.81. The smallest absolute Gasteiger partial charge is 0.429 e. The van der Waals surface area contributed by atoms with E-state index in [1.165, 1.54) is 20.8 Å². The number of carbonyl (C=O) groups is 1. The summed E-state index contributed by atoms with van der Waals surface area (Å²) in [5.41, 5.74) is -5.85. The summed E-state index contributed by atoms with van der Waals surface area (Å²) in [4.78, 5) is 11.9. The third-order valence-electron chi connectivity index (χ3n) is 7.52. The molecule has 30 heavy (non-hydrogen) atoms. The minimum absolute atomic E-state index is 0.143. The average Bonchev–Trinajstić information content (AvgIpc) is 3.29. The van der Waals surface area contributed by atoms with Crippen molar-refractivity contribution in [3.8, 4) is 0 Å². The van der Waals surface area contributed by atoms with Crippen LogP contribution in [-0.4, -0.2) is 29.7 Å². The fourth-order valence-electron chi connectivity index (χ4n) is 6.72. The van der Waals surface area contributed by atoms with Crippen LogP contribution in [0.25, 0.3) is 0 Å². The van der Waals surface area contributed by atoms with E-state index in [9.17, 15) is 31.1 Å². The summed E-state index contributed by atoms with van der Waals surface area (Å²) in [5.74, 6) is 0.315. The molecule has 9 heteroatoms. The van der Waals surface area contributed by atoms with E-state index in [1.807, 2.05) is 0 Å². The molecule has 0 radical (unpaired) electrons. The molecular weight excluding hydrogens is 414 g/mol. The molecule has 4 aliphatic carbocycles. The van der Waals surface area contributed by atoms with Crippen LogP contribution in [0.3, 0.4) is 0 Å². The van der Waals surface area contributed by atoms with Crippen molar-refractivity contribution in [2.75, 3.05) is 0 Å². The van der Waals surface area contributed by atoms with Gasteiger partial charge in [0, 0.05) is 6.42 Å². The summed E-state index contributed by atoms with van der Waals surface area (Å²) >= 11 is 0. The van der Waals surface area contributed by atoms with Crippen molar-refractivity contribution in [2.24, 2.45) is 41.4 Å². The summed E-state index contributed by atoms with van der Waals surface area (Å²) in [6.07, 6.45) is -8.72. The van der Waals surface area contributed by atoms with Crippen LogP contribution in [0.15, 0.2) is 12.2 Å². The van der Waals surface area contributed by atoms with E-state index in [2.05, 4.69) is 21.6 Å². The minimum Gasteiger partial charge on any atom is -0.429 e. The molecule has 7 unspecified atom stereocenters. The monoisotopic (exact) mass is 440 g/mol. The summed E-state index contributed by atoms with van der Waals surface area (Å²) in [5, 5.41) is 0. The Morgan fingerprint density at radius 2 is 1.43 bits per heavy atom. The molecule has 0 amide bonds. The van der Waals surface area contributed by atoms with E-state index in [4.69, 9.17) is 0 Å². The normalized spacial score (nSPS) is 37.6. The first kappa shape index (κ1) is 21.8. The predicted molar refractivity (Wildman–Crippen MR) is 94.2 cm³/mol. The van der Waals surface area contributed by atoms with Crippen LogP contribution in [0, 0.1) is 41.4 Å². The summed E-state index contributed by atoms with van der Waals surface area (Å²) in [7, 11) is 0. The summed E-state index contributed by atoms with van der Waals surface area (Å²) < 4.78 is 92.3. The van der Waals surface area contributed by atoms with Gasteiger partial charge in [0.15, 0.2) is 0 Å². The number of hydrogen-bond acceptors (Lipinski definition) is 3. The van der Waals surface area contributed by atoms with Gasteiger partial charge >= 0.3 is 24.1 Å². The highest BCUT2D eigenvalue weighted by molar-refractivity contribution is 5.61. The number of halogens is 6. The van der Waals surface area contributed by atoms with Crippen molar-refractivity contribution in [3.05, 3.63) is 12.2 Å². The molecule has 0 N–H and O–H groups in total. The second kappa shape index (κ2) is 6.55. The van der Waals surface area contributed by atoms with Crippen molar-refractivity contribution in [1.29, 1.82) is 0 Å². The van der Waals surface area contributed by atoms with Gasteiger partial charge in [-0.1, -0.05) is 12.2 Å². The molecule has 0 aromatic carbocycles. The second-order valence-electron chi connectivity index (χ2n) is 10.4. The van der Waals surface area contributed by atoms with Crippen LogP contribution >= 0.6 is 0 Å². The average molecular weight is 440 g/mol. The quantitative estimate of drug-likeness (QED) is 0.224. The molecule has 7 atom stereocenters. The second-order valence-corrected chi connectivity index (χ2v) is 10.4. The van der Waals surface area contributed by atoms with Crippen LogP contribution in [0.1, 0.15) is 46.5 Å². The Labute approximate surface area is 171 Å². The predicted octanol–water partition coefficient (Wildman–Crippen LogP) is 6.29. The fraction of sp³-hybridized carbons (Fsp3) is 0.857. The highest BCUT2D eigenvalue weighted by Crippen LogP contribution is 2.68. The maximum absolute atomic E-state index is 13.9. The van der Waals surface area contributed by atoms with Gasteiger partial charge in [0.25, 0.3) is 0 Å². The van der Waals surface area contributed by atoms with Crippen LogP contribution in [-0.2, 0) is 9.47 Å².